The third-order valence-corrected chi connectivity index (χ3v) is 3.92. The molecule has 1 aliphatic heterocycles. The first-order valence-corrected chi connectivity index (χ1v) is 7.13. The van der Waals surface area contributed by atoms with E-state index in [2.05, 4.69) is 5.32 Å². The first-order chi connectivity index (χ1) is 10.8. The molecule has 120 valence electrons. The van der Waals surface area contributed by atoms with Crippen LogP contribution >= 0.6 is 11.6 Å². The lowest BCUT2D eigenvalue weighted by molar-refractivity contribution is -0.137. The van der Waals surface area contributed by atoms with Crippen LogP contribution in [-0.2, 0) is 11.0 Å². The molecule has 0 spiro atoms. The molecule has 0 aromatic heterocycles. The van der Waals surface area contributed by atoms with Crippen molar-refractivity contribution in [3.63, 3.8) is 0 Å². The fourth-order valence-corrected chi connectivity index (χ4v) is 2.56. The largest absolute Gasteiger partial charge is 0.456 e. The quantitative estimate of drug-likeness (QED) is 0.814. The van der Waals surface area contributed by atoms with Gasteiger partial charge in [-0.3, -0.25) is 4.79 Å². The summed E-state index contributed by atoms with van der Waals surface area (Å²) in [5.74, 6) is 0.0969. The Morgan fingerprint density at radius 3 is 2.57 bits per heavy atom. The van der Waals surface area contributed by atoms with Gasteiger partial charge in [0.05, 0.1) is 16.5 Å². The molecule has 1 amide bonds. The molecule has 2 aromatic carbocycles. The van der Waals surface area contributed by atoms with Crippen LogP contribution in [0.3, 0.4) is 0 Å². The molecular formula is C16H11ClF3NO2. The van der Waals surface area contributed by atoms with Gasteiger partial charge in [0, 0.05) is 5.69 Å². The summed E-state index contributed by atoms with van der Waals surface area (Å²) in [6, 6.07) is 7.87. The van der Waals surface area contributed by atoms with Crippen molar-refractivity contribution < 1.29 is 22.7 Å². The highest BCUT2D eigenvalue weighted by Crippen LogP contribution is 2.39. The molecule has 0 fully saturated rings. The van der Waals surface area contributed by atoms with E-state index in [0.29, 0.717) is 11.4 Å². The van der Waals surface area contributed by atoms with Gasteiger partial charge in [0.15, 0.2) is 0 Å². The lowest BCUT2D eigenvalue weighted by Gasteiger charge is -2.12. The van der Waals surface area contributed by atoms with Crippen molar-refractivity contribution in [3.05, 3.63) is 52.5 Å². The van der Waals surface area contributed by atoms with Crippen LogP contribution < -0.4 is 10.1 Å². The number of benzene rings is 2. The first-order valence-electron chi connectivity index (χ1n) is 6.75. The molecule has 1 heterocycles. The summed E-state index contributed by atoms with van der Waals surface area (Å²) >= 11 is 5.86. The lowest BCUT2D eigenvalue weighted by atomic mass is 10.0. The molecule has 1 aliphatic rings. The van der Waals surface area contributed by atoms with Gasteiger partial charge < -0.3 is 10.1 Å². The normalized spacial score (nSPS) is 16.9. The fraction of sp³-hybridized carbons (Fsp3) is 0.188. The van der Waals surface area contributed by atoms with Crippen LogP contribution in [0.4, 0.5) is 18.9 Å². The molecule has 1 unspecified atom stereocenters. The Kier molecular flexibility index (Phi) is 3.72. The molecule has 2 aromatic rings. The van der Waals surface area contributed by atoms with Gasteiger partial charge in [-0.1, -0.05) is 11.6 Å². The molecule has 0 saturated carbocycles. The van der Waals surface area contributed by atoms with Crippen LogP contribution in [0.2, 0.25) is 5.02 Å². The lowest BCUT2D eigenvalue weighted by Crippen LogP contribution is -2.08. The van der Waals surface area contributed by atoms with E-state index in [0.717, 1.165) is 17.7 Å². The van der Waals surface area contributed by atoms with E-state index in [1.807, 2.05) is 0 Å². The Bertz CT molecular complexity index is 789. The number of amides is 1. The summed E-state index contributed by atoms with van der Waals surface area (Å²) in [5.41, 5.74) is 0.635. The number of halogens is 4. The van der Waals surface area contributed by atoms with E-state index in [1.54, 1.807) is 25.1 Å². The highest BCUT2D eigenvalue weighted by molar-refractivity contribution is 6.32. The van der Waals surface area contributed by atoms with Crippen LogP contribution in [-0.4, -0.2) is 5.91 Å². The van der Waals surface area contributed by atoms with Gasteiger partial charge in [-0.05, 0) is 48.9 Å². The fourth-order valence-electron chi connectivity index (χ4n) is 2.35. The highest BCUT2D eigenvalue weighted by Gasteiger charge is 2.31. The predicted octanol–water partition coefficient (Wildman–Crippen LogP) is 5.21. The minimum Gasteiger partial charge on any atom is -0.456 e. The number of carbonyl (C=O) groups is 1. The summed E-state index contributed by atoms with van der Waals surface area (Å²) < 4.78 is 43.4. The Hall–Kier alpha value is -2.21. The van der Waals surface area contributed by atoms with Gasteiger partial charge >= 0.3 is 6.18 Å². The molecule has 23 heavy (non-hydrogen) atoms. The molecule has 0 saturated heterocycles. The number of rotatable bonds is 2. The van der Waals surface area contributed by atoms with Crippen LogP contribution in [0.5, 0.6) is 11.5 Å². The maximum atomic E-state index is 12.6. The number of hydrogen-bond acceptors (Lipinski definition) is 2. The number of anilines is 1. The predicted molar refractivity (Wildman–Crippen MR) is 80.0 cm³/mol. The zero-order valence-corrected chi connectivity index (χ0v) is 12.6. The smallest absolute Gasteiger partial charge is 0.416 e. The molecule has 1 atom stereocenters. The van der Waals surface area contributed by atoms with E-state index >= 15 is 0 Å². The molecule has 1 N–H and O–H groups in total. The van der Waals surface area contributed by atoms with Gasteiger partial charge in [-0.15, -0.1) is 0 Å². The topological polar surface area (TPSA) is 38.3 Å². The Morgan fingerprint density at radius 2 is 1.91 bits per heavy atom. The third kappa shape index (κ3) is 2.99. The van der Waals surface area contributed by atoms with E-state index in [-0.39, 0.29) is 22.6 Å². The van der Waals surface area contributed by atoms with Gasteiger partial charge in [0.2, 0.25) is 5.91 Å². The van der Waals surface area contributed by atoms with Crippen molar-refractivity contribution in [1.29, 1.82) is 0 Å². The molecule has 7 heteroatoms. The van der Waals surface area contributed by atoms with Gasteiger partial charge in [0.1, 0.15) is 11.5 Å². The van der Waals surface area contributed by atoms with Crippen molar-refractivity contribution >= 4 is 23.2 Å². The zero-order chi connectivity index (χ0) is 16.8. The summed E-state index contributed by atoms with van der Waals surface area (Å²) in [7, 11) is 0. The zero-order valence-electron chi connectivity index (χ0n) is 11.9. The van der Waals surface area contributed by atoms with Gasteiger partial charge in [-0.25, -0.2) is 0 Å². The van der Waals surface area contributed by atoms with E-state index < -0.39 is 11.7 Å². The third-order valence-electron chi connectivity index (χ3n) is 3.63. The van der Waals surface area contributed by atoms with Crippen molar-refractivity contribution in [2.24, 2.45) is 0 Å². The summed E-state index contributed by atoms with van der Waals surface area (Å²) in [4.78, 5) is 11.6. The molecule has 3 rings (SSSR count). The summed E-state index contributed by atoms with van der Waals surface area (Å²) in [6.45, 7) is 1.76. The summed E-state index contributed by atoms with van der Waals surface area (Å²) in [5, 5.41) is 2.59. The SMILES string of the molecule is CC1C(=O)Nc2ccc(Oc3ccc(C(F)(F)F)cc3Cl)cc21. The molecular weight excluding hydrogens is 331 g/mol. The minimum atomic E-state index is -4.46. The average molecular weight is 342 g/mol. The van der Waals surface area contributed by atoms with Crippen LogP contribution in [0.15, 0.2) is 36.4 Å². The molecule has 3 nitrogen and oxygen atoms in total. The number of fused-ring (bicyclic) bond motifs is 1. The Balaban J connectivity index is 1.88. The van der Waals surface area contributed by atoms with Crippen LogP contribution in [0.25, 0.3) is 0 Å². The maximum absolute atomic E-state index is 12.6. The van der Waals surface area contributed by atoms with Crippen LogP contribution in [0.1, 0.15) is 24.0 Å². The first kappa shape index (κ1) is 15.7. The molecule has 0 aliphatic carbocycles. The van der Waals surface area contributed by atoms with Crippen molar-refractivity contribution in [2.75, 3.05) is 5.32 Å². The Morgan fingerprint density at radius 1 is 1.17 bits per heavy atom. The minimum absolute atomic E-state index is 0.107. The molecule has 0 radical (unpaired) electrons. The number of hydrogen-bond donors (Lipinski definition) is 1. The van der Waals surface area contributed by atoms with Crippen molar-refractivity contribution in [3.8, 4) is 11.5 Å². The number of nitrogens with one attached hydrogen (secondary N) is 1. The second kappa shape index (κ2) is 5.45. The van der Waals surface area contributed by atoms with E-state index in [1.165, 1.54) is 6.07 Å². The standard InChI is InChI=1S/C16H11ClF3NO2/c1-8-11-7-10(3-4-13(11)21-15(8)22)23-14-5-2-9(6-12(14)17)16(18,19)20/h2-8H,1H3,(H,21,22). The van der Waals surface area contributed by atoms with E-state index in [4.69, 9.17) is 16.3 Å². The van der Waals surface area contributed by atoms with Crippen LogP contribution in [0, 0.1) is 0 Å². The second-order valence-corrected chi connectivity index (χ2v) is 5.61. The second-order valence-electron chi connectivity index (χ2n) is 5.21. The number of ether oxygens (including phenoxy) is 1. The monoisotopic (exact) mass is 341 g/mol. The average Bonchev–Trinajstić information content (AvgIpc) is 2.75. The van der Waals surface area contributed by atoms with Crippen molar-refractivity contribution in [1.82, 2.24) is 0 Å². The molecule has 0 bridgehead atoms. The highest BCUT2D eigenvalue weighted by atomic mass is 35.5. The van der Waals surface area contributed by atoms with Gasteiger partial charge in [0.25, 0.3) is 0 Å². The van der Waals surface area contributed by atoms with Crippen molar-refractivity contribution in [2.45, 2.75) is 19.0 Å². The Labute approximate surface area is 135 Å². The van der Waals surface area contributed by atoms with E-state index in [9.17, 15) is 18.0 Å². The maximum Gasteiger partial charge on any atom is 0.416 e. The summed E-state index contributed by atoms with van der Waals surface area (Å²) in [6.07, 6.45) is -4.46. The number of carbonyl (C=O) groups excluding carboxylic acids is 1. The number of alkyl halides is 3. The van der Waals surface area contributed by atoms with Gasteiger partial charge in [-0.2, -0.15) is 13.2 Å².